The molecule has 1 atom stereocenters. The molecule has 0 radical (unpaired) electrons. The van der Waals surface area contributed by atoms with Crippen molar-refractivity contribution in [3.8, 4) is 0 Å². The first-order valence-corrected chi connectivity index (χ1v) is 7.73. The van der Waals surface area contributed by atoms with E-state index in [0.29, 0.717) is 30.8 Å². The molecule has 1 N–H and O–H groups in total. The maximum absolute atomic E-state index is 12.4. The van der Waals surface area contributed by atoms with Crippen molar-refractivity contribution in [3.63, 3.8) is 0 Å². The second-order valence-corrected chi connectivity index (χ2v) is 5.84. The lowest BCUT2D eigenvalue weighted by Gasteiger charge is -2.08. The molecule has 21 heavy (non-hydrogen) atoms. The third-order valence-corrected chi connectivity index (χ3v) is 4.13. The van der Waals surface area contributed by atoms with Crippen molar-refractivity contribution in [2.24, 2.45) is 0 Å². The van der Waals surface area contributed by atoms with Crippen LogP contribution in [0.5, 0.6) is 0 Å². The van der Waals surface area contributed by atoms with Crippen LogP contribution in [0.15, 0.2) is 5.38 Å². The normalized spacial score (nSPS) is 18.9. The van der Waals surface area contributed by atoms with Crippen molar-refractivity contribution >= 4 is 17.2 Å². The fraction of sp³-hybridized carbons (Fsp3) is 0.692. The number of carbonyl (C=O) groups is 1. The van der Waals surface area contributed by atoms with E-state index in [1.807, 2.05) is 0 Å². The predicted molar refractivity (Wildman–Crippen MR) is 72.0 cm³/mol. The average Bonchev–Trinajstić information content (AvgIpc) is 3.07. The van der Waals surface area contributed by atoms with Gasteiger partial charge in [-0.25, -0.2) is 4.98 Å². The van der Waals surface area contributed by atoms with Crippen LogP contribution in [0.4, 0.5) is 13.2 Å². The maximum Gasteiger partial charge on any atom is 0.434 e. The van der Waals surface area contributed by atoms with E-state index < -0.39 is 11.9 Å². The van der Waals surface area contributed by atoms with Crippen LogP contribution in [0, 0.1) is 0 Å². The first-order valence-electron chi connectivity index (χ1n) is 6.85. The standard InChI is InChI=1S/C13H17F3N2O2S/c14-13(15,16)10-8-21-12(18-10)5-6-17-11(19)4-3-9-2-1-7-20-9/h8-9H,1-7H2,(H,17,19)/t9-/m1/s1. The van der Waals surface area contributed by atoms with Gasteiger partial charge in [-0.2, -0.15) is 13.2 Å². The molecule has 1 saturated heterocycles. The number of hydrogen-bond acceptors (Lipinski definition) is 4. The van der Waals surface area contributed by atoms with Crippen molar-refractivity contribution in [2.45, 2.75) is 44.4 Å². The molecule has 1 fully saturated rings. The summed E-state index contributed by atoms with van der Waals surface area (Å²) in [5.41, 5.74) is -0.868. The second kappa shape index (κ2) is 7.22. The fourth-order valence-electron chi connectivity index (χ4n) is 2.12. The second-order valence-electron chi connectivity index (χ2n) is 4.90. The molecule has 0 aliphatic carbocycles. The van der Waals surface area contributed by atoms with Gasteiger partial charge in [0.25, 0.3) is 0 Å². The van der Waals surface area contributed by atoms with E-state index >= 15 is 0 Å². The number of alkyl halides is 3. The lowest BCUT2D eigenvalue weighted by atomic mass is 10.1. The van der Waals surface area contributed by atoms with Crippen LogP contribution < -0.4 is 5.32 Å². The summed E-state index contributed by atoms with van der Waals surface area (Å²) in [6.45, 7) is 1.06. The smallest absolute Gasteiger partial charge is 0.378 e. The Kier molecular flexibility index (Phi) is 5.58. The van der Waals surface area contributed by atoms with E-state index in [-0.39, 0.29) is 12.0 Å². The van der Waals surface area contributed by atoms with Crippen molar-refractivity contribution in [1.82, 2.24) is 10.3 Å². The summed E-state index contributed by atoms with van der Waals surface area (Å²) in [5.74, 6) is -0.0990. The molecule has 1 aliphatic rings. The summed E-state index contributed by atoms with van der Waals surface area (Å²) >= 11 is 0.959. The number of aromatic nitrogens is 1. The van der Waals surface area contributed by atoms with E-state index in [1.165, 1.54) is 0 Å². The number of hydrogen-bond donors (Lipinski definition) is 1. The van der Waals surface area contributed by atoms with Crippen molar-refractivity contribution in [1.29, 1.82) is 0 Å². The molecule has 4 nitrogen and oxygen atoms in total. The highest BCUT2D eigenvalue weighted by Gasteiger charge is 2.33. The molecule has 1 aliphatic heterocycles. The maximum atomic E-state index is 12.4. The summed E-state index contributed by atoms with van der Waals surface area (Å²) in [7, 11) is 0. The molecule has 0 saturated carbocycles. The fourth-order valence-corrected chi connectivity index (χ4v) is 2.92. The minimum atomic E-state index is -4.40. The molecular weight excluding hydrogens is 305 g/mol. The summed E-state index contributed by atoms with van der Waals surface area (Å²) in [6, 6.07) is 0. The van der Waals surface area contributed by atoms with E-state index in [9.17, 15) is 18.0 Å². The highest BCUT2D eigenvalue weighted by Crippen LogP contribution is 2.30. The van der Waals surface area contributed by atoms with Crippen molar-refractivity contribution in [2.75, 3.05) is 13.2 Å². The minimum absolute atomic E-state index is 0.0990. The molecule has 0 bridgehead atoms. The van der Waals surface area contributed by atoms with Crippen LogP contribution in [0.25, 0.3) is 0 Å². The van der Waals surface area contributed by atoms with Crippen LogP contribution in [0.3, 0.4) is 0 Å². The molecule has 1 aromatic rings. The number of rotatable bonds is 6. The first kappa shape index (κ1) is 16.2. The van der Waals surface area contributed by atoms with Crippen LogP contribution in [0.2, 0.25) is 0 Å². The number of thiazole rings is 1. The SMILES string of the molecule is O=C(CC[C@H]1CCCO1)NCCc1nc(C(F)(F)F)cs1. The van der Waals surface area contributed by atoms with Gasteiger partial charge in [0, 0.05) is 31.4 Å². The number of nitrogens with zero attached hydrogens (tertiary/aromatic N) is 1. The number of nitrogens with one attached hydrogen (secondary N) is 1. The highest BCUT2D eigenvalue weighted by molar-refractivity contribution is 7.09. The van der Waals surface area contributed by atoms with Crippen molar-refractivity contribution in [3.05, 3.63) is 16.1 Å². The quantitative estimate of drug-likeness (QED) is 0.876. The Morgan fingerprint density at radius 2 is 2.33 bits per heavy atom. The summed E-state index contributed by atoms with van der Waals surface area (Å²) < 4.78 is 42.5. The zero-order valence-corrected chi connectivity index (χ0v) is 12.2. The van der Waals surface area contributed by atoms with Crippen molar-refractivity contribution < 1.29 is 22.7 Å². The molecule has 8 heteroatoms. The molecule has 2 rings (SSSR count). The third kappa shape index (κ3) is 5.28. The molecule has 1 amide bonds. The van der Waals surface area contributed by atoms with E-state index in [2.05, 4.69) is 10.3 Å². The van der Waals surface area contributed by atoms with Gasteiger partial charge in [-0.1, -0.05) is 0 Å². The van der Waals surface area contributed by atoms with Crippen LogP contribution in [-0.2, 0) is 22.1 Å². The summed E-state index contributed by atoms with van der Waals surface area (Å²) in [5, 5.41) is 4.07. The Morgan fingerprint density at radius 1 is 1.52 bits per heavy atom. The zero-order valence-electron chi connectivity index (χ0n) is 11.4. The van der Waals surface area contributed by atoms with Crippen LogP contribution in [-0.4, -0.2) is 30.1 Å². The van der Waals surface area contributed by atoms with E-state index in [4.69, 9.17) is 4.74 Å². The van der Waals surface area contributed by atoms with Gasteiger partial charge in [0.2, 0.25) is 5.91 Å². The Hall–Kier alpha value is -1.15. The molecule has 0 spiro atoms. The predicted octanol–water partition coefficient (Wildman–Crippen LogP) is 2.78. The molecule has 0 unspecified atom stereocenters. The summed E-state index contributed by atoms with van der Waals surface area (Å²) in [6.07, 6.45) is -0.808. The topological polar surface area (TPSA) is 51.2 Å². The molecule has 2 heterocycles. The van der Waals surface area contributed by atoms with Gasteiger partial charge in [-0.05, 0) is 19.3 Å². The Morgan fingerprint density at radius 3 is 2.95 bits per heavy atom. The van der Waals surface area contributed by atoms with Gasteiger partial charge < -0.3 is 10.1 Å². The summed E-state index contributed by atoms with van der Waals surface area (Å²) in [4.78, 5) is 15.1. The molecular formula is C13H17F3N2O2S. The number of ether oxygens (including phenoxy) is 1. The average molecular weight is 322 g/mol. The molecule has 118 valence electrons. The lowest BCUT2D eigenvalue weighted by Crippen LogP contribution is -2.26. The number of carbonyl (C=O) groups excluding carboxylic acids is 1. The van der Waals surface area contributed by atoms with Crippen LogP contribution in [0.1, 0.15) is 36.4 Å². The highest BCUT2D eigenvalue weighted by atomic mass is 32.1. The van der Waals surface area contributed by atoms with E-state index in [0.717, 1.165) is 36.2 Å². The number of amides is 1. The molecule has 0 aromatic carbocycles. The number of halogens is 3. The third-order valence-electron chi connectivity index (χ3n) is 3.22. The monoisotopic (exact) mass is 322 g/mol. The lowest BCUT2D eigenvalue weighted by molar-refractivity contribution is -0.140. The van der Waals surface area contributed by atoms with Gasteiger partial charge in [0.15, 0.2) is 5.69 Å². The Labute approximate surface area is 124 Å². The van der Waals surface area contributed by atoms with Gasteiger partial charge in [-0.3, -0.25) is 4.79 Å². The minimum Gasteiger partial charge on any atom is -0.378 e. The first-order chi connectivity index (χ1) is 9.95. The van der Waals surface area contributed by atoms with Crippen LogP contribution >= 0.6 is 11.3 Å². The zero-order chi connectivity index (χ0) is 15.3. The van der Waals surface area contributed by atoms with Gasteiger partial charge >= 0.3 is 6.18 Å². The largest absolute Gasteiger partial charge is 0.434 e. The Balaban J connectivity index is 1.64. The van der Waals surface area contributed by atoms with Gasteiger partial charge in [0.05, 0.1) is 11.1 Å². The van der Waals surface area contributed by atoms with Gasteiger partial charge in [0.1, 0.15) is 0 Å². The Bertz CT molecular complexity index is 470. The van der Waals surface area contributed by atoms with Gasteiger partial charge in [-0.15, -0.1) is 11.3 Å². The van der Waals surface area contributed by atoms with E-state index in [1.54, 1.807) is 0 Å². The molecule has 1 aromatic heterocycles.